The lowest BCUT2D eigenvalue weighted by Crippen LogP contribution is -2.33. The molecule has 0 saturated heterocycles. The molecule has 0 unspecified atom stereocenters. The molecular weight excluding hydrogens is 310 g/mol. The molecule has 0 saturated carbocycles. The fraction of sp³-hybridized carbons (Fsp3) is 0.222. The number of para-hydroxylation sites is 2. The Labute approximate surface area is 139 Å². The summed E-state index contributed by atoms with van der Waals surface area (Å²) in [6.07, 6.45) is 0. The molecule has 4 nitrogen and oxygen atoms in total. The molecule has 0 radical (unpaired) electrons. The number of nitrogens with zero attached hydrogens (tertiary/aromatic N) is 1. The van der Waals surface area contributed by atoms with Gasteiger partial charge >= 0.3 is 5.97 Å². The summed E-state index contributed by atoms with van der Waals surface area (Å²) in [5.74, 6) is -0.871. The van der Waals surface area contributed by atoms with Gasteiger partial charge in [-0.2, -0.15) is 0 Å². The summed E-state index contributed by atoms with van der Waals surface area (Å²) in [5, 5.41) is 0. The van der Waals surface area contributed by atoms with E-state index in [1.807, 2.05) is 48.5 Å². The van der Waals surface area contributed by atoms with Crippen molar-refractivity contribution in [1.82, 2.24) is 0 Å². The van der Waals surface area contributed by atoms with Crippen molar-refractivity contribution in [3.05, 3.63) is 48.5 Å². The second-order valence-electron chi connectivity index (χ2n) is 5.53. The number of hydrogen-bond donors (Lipinski definition) is 0. The van der Waals surface area contributed by atoms with Gasteiger partial charge in [-0.15, -0.1) is 0 Å². The second-order valence-corrected chi connectivity index (χ2v) is 6.61. The van der Waals surface area contributed by atoms with Gasteiger partial charge < -0.3 is 4.74 Å². The lowest BCUT2D eigenvalue weighted by molar-refractivity contribution is -0.150. The summed E-state index contributed by atoms with van der Waals surface area (Å²) in [6, 6.07) is 15.5. The molecule has 0 N–H and O–H groups in total. The Morgan fingerprint density at radius 2 is 1.52 bits per heavy atom. The first-order chi connectivity index (χ1) is 11.1. The molecule has 3 rings (SSSR count). The van der Waals surface area contributed by atoms with Gasteiger partial charge in [0.15, 0.2) is 6.61 Å². The molecule has 118 valence electrons. The molecule has 0 aliphatic carbocycles. The Morgan fingerprint density at radius 1 is 1.00 bits per heavy atom. The summed E-state index contributed by atoms with van der Waals surface area (Å²) >= 11 is 1.63. The zero-order valence-corrected chi connectivity index (χ0v) is 13.8. The third-order valence-electron chi connectivity index (χ3n) is 3.49. The monoisotopic (exact) mass is 327 g/mol. The topological polar surface area (TPSA) is 46.6 Å². The van der Waals surface area contributed by atoms with Gasteiger partial charge in [0.1, 0.15) is 0 Å². The molecule has 2 aromatic carbocycles. The van der Waals surface area contributed by atoms with E-state index in [9.17, 15) is 9.59 Å². The highest BCUT2D eigenvalue weighted by atomic mass is 32.2. The maximum atomic E-state index is 12.7. The molecule has 0 spiro atoms. The van der Waals surface area contributed by atoms with Crippen LogP contribution in [-0.4, -0.2) is 18.5 Å². The van der Waals surface area contributed by atoms with Gasteiger partial charge in [-0.05, 0) is 24.3 Å². The van der Waals surface area contributed by atoms with Crippen molar-refractivity contribution in [1.29, 1.82) is 0 Å². The van der Waals surface area contributed by atoms with E-state index in [1.165, 1.54) is 0 Å². The van der Waals surface area contributed by atoms with E-state index < -0.39 is 0 Å². The first-order valence-electron chi connectivity index (χ1n) is 7.43. The van der Waals surface area contributed by atoms with Crippen LogP contribution in [-0.2, 0) is 14.3 Å². The molecule has 2 aromatic rings. The van der Waals surface area contributed by atoms with Crippen LogP contribution in [0.25, 0.3) is 0 Å². The number of benzene rings is 2. The summed E-state index contributed by atoms with van der Waals surface area (Å²) in [7, 11) is 0. The van der Waals surface area contributed by atoms with Gasteiger partial charge in [-0.1, -0.05) is 49.9 Å². The highest BCUT2D eigenvalue weighted by molar-refractivity contribution is 7.99. The van der Waals surface area contributed by atoms with E-state index in [0.717, 1.165) is 21.2 Å². The zero-order valence-electron chi connectivity index (χ0n) is 13.0. The number of anilines is 2. The molecule has 1 amide bonds. The highest BCUT2D eigenvalue weighted by Gasteiger charge is 2.28. The number of amides is 1. The van der Waals surface area contributed by atoms with Crippen LogP contribution in [0.2, 0.25) is 0 Å². The van der Waals surface area contributed by atoms with Gasteiger partial charge in [-0.25, -0.2) is 0 Å². The minimum absolute atomic E-state index is 0.251. The van der Waals surface area contributed by atoms with Crippen molar-refractivity contribution >= 4 is 35.0 Å². The molecule has 23 heavy (non-hydrogen) atoms. The summed E-state index contributed by atoms with van der Waals surface area (Å²) in [5.41, 5.74) is 1.64. The summed E-state index contributed by atoms with van der Waals surface area (Å²) < 4.78 is 5.11. The number of ether oxygens (including phenoxy) is 1. The lowest BCUT2D eigenvalue weighted by Gasteiger charge is -2.30. The largest absolute Gasteiger partial charge is 0.455 e. The van der Waals surface area contributed by atoms with Gasteiger partial charge in [0.05, 0.1) is 17.3 Å². The van der Waals surface area contributed by atoms with Crippen molar-refractivity contribution in [3.63, 3.8) is 0 Å². The van der Waals surface area contributed by atoms with E-state index in [2.05, 4.69) is 0 Å². The van der Waals surface area contributed by atoms with Crippen LogP contribution in [0, 0.1) is 5.92 Å². The van der Waals surface area contributed by atoms with E-state index in [4.69, 9.17) is 4.74 Å². The molecule has 1 aliphatic heterocycles. The van der Waals surface area contributed by atoms with Crippen LogP contribution in [0.3, 0.4) is 0 Å². The summed E-state index contributed by atoms with van der Waals surface area (Å²) in [4.78, 5) is 28.0. The van der Waals surface area contributed by atoms with Crippen LogP contribution in [0.5, 0.6) is 0 Å². The Kier molecular flexibility index (Phi) is 4.39. The van der Waals surface area contributed by atoms with Crippen molar-refractivity contribution in [3.8, 4) is 0 Å². The Balaban J connectivity index is 1.92. The van der Waals surface area contributed by atoms with Crippen LogP contribution in [0.15, 0.2) is 58.3 Å². The maximum Gasteiger partial charge on any atom is 0.308 e. The SMILES string of the molecule is CC(C)C(=O)OCC(=O)N1c2ccccc2Sc2ccccc21. The lowest BCUT2D eigenvalue weighted by atomic mass is 10.2. The van der Waals surface area contributed by atoms with Gasteiger partial charge in [0.25, 0.3) is 5.91 Å². The second kappa shape index (κ2) is 6.46. The molecular formula is C18H17NO3S. The van der Waals surface area contributed by atoms with Crippen LogP contribution >= 0.6 is 11.8 Å². The molecule has 0 atom stereocenters. The quantitative estimate of drug-likeness (QED) is 0.799. The number of hydrogen-bond acceptors (Lipinski definition) is 4. The van der Waals surface area contributed by atoms with Gasteiger partial charge in [-0.3, -0.25) is 14.5 Å². The van der Waals surface area contributed by atoms with Gasteiger partial charge in [0, 0.05) is 9.79 Å². The molecule has 5 heteroatoms. The highest BCUT2D eigenvalue weighted by Crippen LogP contribution is 2.47. The van der Waals surface area contributed by atoms with Crippen LogP contribution in [0.1, 0.15) is 13.8 Å². The van der Waals surface area contributed by atoms with Crippen molar-refractivity contribution < 1.29 is 14.3 Å². The number of esters is 1. The smallest absolute Gasteiger partial charge is 0.308 e. The minimum atomic E-state index is -0.369. The van der Waals surface area contributed by atoms with E-state index in [1.54, 1.807) is 30.5 Å². The average Bonchev–Trinajstić information content (AvgIpc) is 2.57. The Bertz CT molecular complexity index is 712. The predicted octanol–water partition coefficient (Wildman–Crippen LogP) is 4.02. The zero-order chi connectivity index (χ0) is 16.4. The van der Waals surface area contributed by atoms with Crippen LogP contribution < -0.4 is 4.90 Å². The summed E-state index contributed by atoms with van der Waals surface area (Å²) in [6.45, 7) is 3.23. The molecule has 0 bridgehead atoms. The molecule has 0 aromatic heterocycles. The third-order valence-corrected chi connectivity index (χ3v) is 4.62. The number of carbonyl (C=O) groups excluding carboxylic acids is 2. The molecule has 0 fully saturated rings. The molecule has 1 heterocycles. The number of fused-ring (bicyclic) bond motifs is 2. The average molecular weight is 327 g/mol. The first kappa shape index (κ1) is 15.6. The number of rotatable bonds is 3. The van der Waals surface area contributed by atoms with Crippen molar-refractivity contribution in [2.75, 3.05) is 11.5 Å². The maximum absolute atomic E-state index is 12.7. The predicted molar refractivity (Wildman–Crippen MR) is 90.0 cm³/mol. The Hall–Kier alpha value is -2.27. The Morgan fingerprint density at radius 3 is 2.04 bits per heavy atom. The standard InChI is InChI=1S/C18H17NO3S/c1-12(2)18(21)22-11-17(20)19-13-7-3-5-9-15(13)23-16-10-6-4-8-14(16)19/h3-10,12H,11H2,1-2H3. The third kappa shape index (κ3) is 3.10. The minimum Gasteiger partial charge on any atom is -0.455 e. The first-order valence-corrected chi connectivity index (χ1v) is 8.25. The van der Waals surface area contributed by atoms with E-state index in [0.29, 0.717) is 0 Å². The van der Waals surface area contributed by atoms with Crippen molar-refractivity contribution in [2.45, 2.75) is 23.6 Å². The van der Waals surface area contributed by atoms with Crippen molar-refractivity contribution in [2.24, 2.45) is 5.92 Å². The normalized spacial score (nSPS) is 12.6. The van der Waals surface area contributed by atoms with E-state index in [-0.39, 0.29) is 24.4 Å². The fourth-order valence-corrected chi connectivity index (χ4v) is 3.40. The van der Waals surface area contributed by atoms with E-state index >= 15 is 0 Å². The number of carbonyl (C=O) groups is 2. The molecule has 1 aliphatic rings. The van der Waals surface area contributed by atoms with Crippen LogP contribution in [0.4, 0.5) is 11.4 Å². The van der Waals surface area contributed by atoms with Gasteiger partial charge in [0.2, 0.25) is 0 Å². The fourth-order valence-electron chi connectivity index (χ4n) is 2.34.